The van der Waals surface area contributed by atoms with Crippen molar-refractivity contribution in [1.29, 1.82) is 0 Å². The van der Waals surface area contributed by atoms with Crippen molar-refractivity contribution in [2.24, 2.45) is 5.92 Å². The summed E-state index contributed by atoms with van der Waals surface area (Å²) in [6.45, 7) is 2.07. The Kier molecular flexibility index (Phi) is 2.88. The first-order chi connectivity index (χ1) is 7.48. The zero-order valence-corrected chi connectivity index (χ0v) is 10.3. The highest BCUT2D eigenvalue weighted by molar-refractivity contribution is 7.90. The lowest BCUT2D eigenvalue weighted by molar-refractivity contribution is 0.601. The molecule has 0 amide bonds. The number of anilines is 1. The van der Waals surface area contributed by atoms with Gasteiger partial charge in [-0.25, -0.2) is 13.4 Å². The van der Waals surface area contributed by atoms with E-state index in [0.717, 1.165) is 0 Å². The molecule has 1 atom stereocenters. The molecule has 0 spiro atoms. The van der Waals surface area contributed by atoms with Crippen molar-refractivity contribution in [3.8, 4) is 0 Å². The molecule has 1 aliphatic carbocycles. The Bertz CT molecular complexity index is 481. The van der Waals surface area contributed by atoms with E-state index in [-0.39, 0.29) is 10.9 Å². The molecule has 16 heavy (non-hydrogen) atoms. The first-order valence-corrected chi connectivity index (χ1v) is 7.29. The number of aromatic nitrogens is 1. The summed E-state index contributed by atoms with van der Waals surface area (Å²) in [4.78, 5) is 4.39. The normalized spacial score (nSPS) is 18.1. The molecule has 1 heterocycles. The lowest BCUT2D eigenvalue weighted by atomic mass is 10.2. The van der Waals surface area contributed by atoms with Gasteiger partial charge in [0, 0.05) is 18.5 Å². The molecule has 1 aliphatic rings. The highest BCUT2D eigenvalue weighted by Gasteiger charge is 2.29. The van der Waals surface area contributed by atoms with Crippen LogP contribution in [0.25, 0.3) is 0 Å². The summed E-state index contributed by atoms with van der Waals surface area (Å²) in [6, 6.07) is 3.52. The van der Waals surface area contributed by atoms with Gasteiger partial charge in [0.1, 0.15) is 10.7 Å². The first kappa shape index (κ1) is 11.4. The molecule has 1 N–H and O–H groups in total. The minimum Gasteiger partial charge on any atom is -0.366 e. The molecular formula is C11H16N2O2S. The number of sulfone groups is 1. The lowest BCUT2D eigenvalue weighted by Crippen LogP contribution is -2.20. The predicted molar refractivity (Wildman–Crippen MR) is 63.2 cm³/mol. The van der Waals surface area contributed by atoms with Crippen LogP contribution in [-0.4, -0.2) is 25.7 Å². The topological polar surface area (TPSA) is 59.1 Å². The van der Waals surface area contributed by atoms with Crippen LogP contribution in [-0.2, 0) is 9.84 Å². The molecule has 0 bridgehead atoms. The van der Waals surface area contributed by atoms with E-state index in [4.69, 9.17) is 0 Å². The molecule has 1 aromatic rings. The average molecular weight is 240 g/mol. The Morgan fingerprint density at radius 1 is 1.50 bits per heavy atom. The van der Waals surface area contributed by atoms with Crippen molar-refractivity contribution in [3.63, 3.8) is 0 Å². The van der Waals surface area contributed by atoms with Crippen LogP contribution >= 0.6 is 0 Å². The van der Waals surface area contributed by atoms with Gasteiger partial charge in [-0.3, -0.25) is 0 Å². The fraction of sp³-hybridized carbons (Fsp3) is 0.545. The maximum Gasteiger partial charge on any atom is 0.179 e. The summed E-state index contributed by atoms with van der Waals surface area (Å²) >= 11 is 0. The van der Waals surface area contributed by atoms with Crippen LogP contribution in [0, 0.1) is 5.92 Å². The number of pyridine rings is 1. The summed E-state index contributed by atoms with van der Waals surface area (Å²) in [5.41, 5.74) is 0. The Morgan fingerprint density at radius 3 is 2.75 bits per heavy atom. The van der Waals surface area contributed by atoms with Gasteiger partial charge in [0.05, 0.1) is 0 Å². The van der Waals surface area contributed by atoms with Gasteiger partial charge < -0.3 is 5.32 Å². The van der Waals surface area contributed by atoms with Crippen LogP contribution in [0.2, 0.25) is 0 Å². The Labute approximate surface area is 96.0 Å². The fourth-order valence-corrected chi connectivity index (χ4v) is 2.52. The molecule has 0 aromatic carbocycles. The zero-order valence-electron chi connectivity index (χ0n) is 9.47. The van der Waals surface area contributed by atoms with E-state index in [9.17, 15) is 8.42 Å². The molecule has 2 rings (SSSR count). The van der Waals surface area contributed by atoms with Crippen molar-refractivity contribution in [2.45, 2.75) is 30.7 Å². The number of hydrogen-bond acceptors (Lipinski definition) is 4. The number of nitrogens with one attached hydrogen (secondary N) is 1. The zero-order chi connectivity index (χ0) is 11.8. The van der Waals surface area contributed by atoms with Crippen LogP contribution in [0.1, 0.15) is 19.8 Å². The largest absolute Gasteiger partial charge is 0.366 e. The molecule has 0 saturated heterocycles. The minimum atomic E-state index is -3.21. The second kappa shape index (κ2) is 4.05. The minimum absolute atomic E-state index is 0.280. The maximum atomic E-state index is 11.5. The van der Waals surface area contributed by atoms with E-state index < -0.39 is 9.84 Å². The van der Waals surface area contributed by atoms with Crippen molar-refractivity contribution >= 4 is 15.7 Å². The van der Waals surface area contributed by atoms with Crippen molar-refractivity contribution < 1.29 is 8.42 Å². The number of rotatable bonds is 4. The van der Waals surface area contributed by atoms with Crippen LogP contribution < -0.4 is 5.32 Å². The first-order valence-electron chi connectivity index (χ1n) is 5.40. The third-order valence-corrected chi connectivity index (χ3v) is 3.99. The van der Waals surface area contributed by atoms with Gasteiger partial charge >= 0.3 is 0 Å². The summed E-state index contributed by atoms with van der Waals surface area (Å²) in [5, 5.41) is 3.19. The lowest BCUT2D eigenvalue weighted by Gasteiger charge is -2.15. The SMILES string of the molecule is CC(Nc1ncccc1S(C)(=O)=O)C1CC1. The van der Waals surface area contributed by atoms with E-state index >= 15 is 0 Å². The predicted octanol–water partition coefficient (Wildman–Crippen LogP) is 1.70. The molecule has 1 saturated carbocycles. The number of nitrogens with zero attached hydrogens (tertiary/aromatic N) is 1. The van der Waals surface area contributed by atoms with Crippen molar-refractivity contribution in [2.75, 3.05) is 11.6 Å². The van der Waals surface area contributed by atoms with E-state index in [1.807, 2.05) is 0 Å². The molecule has 5 heteroatoms. The second-order valence-corrected chi connectivity index (χ2v) is 6.38. The monoisotopic (exact) mass is 240 g/mol. The Balaban J connectivity index is 2.26. The molecule has 1 unspecified atom stereocenters. The highest BCUT2D eigenvalue weighted by Crippen LogP contribution is 2.34. The van der Waals surface area contributed by atoms with Crippen molar-refractivity contribution in [1.82, 2.24) is 4.98 Å². The molecular weight excluding hydrogens is 224 g/mol. The molecule has 1 aromatic heterocycles. The third-order valence-electron chi connectivity index (χ3n) is 2.86. The maximum absolute atomic E-state index is 11.5. The van der Waals surface area contributed by atoms with Gasteiger partial charge in [-0.15, -0.1) is 0 Å². The summed E-state index contributed by atoms with van der Waals surface area (Å²) in [5.74, 6) is 1.14. The van der Waals surface area contributed by atoms with E-state index in [2.05, 4.69) is 17.2 Å². The summed E-state index contributed by atoms with van der Waals surface area (Å²) < 4.78 is 23.1. The number of hydrogen-bond donors (Lipinski definition) is 1. The van der Waals surface area contributed by atoms with Gasteiger partial charge in [-0.05, 0) is 37.8 Å². The molecule has 88 valence electrons. The summed E-state index contributed by atoms with van der Waals surface area (Å²) in [6.07, 6.45) is 5.25. The van der Waals surface area contributed by atoms with Gasteiger partial charge in [0.25, 0.3) is 0 Å². The van der Waals surface area contributed by atoms with Crippen LogP contribution in [0.3, 0.4) is 0 Å². The molecule has 1 fully saturated rings. The van der Waals surface area contributed by atoms with E-state index in [1.54, 1.807) is 18.3 Å². The summed E-state index contributed by atoms with van der Waals surface area (Å²) in [7, 11) is -3.21. The van der Waals surface area contributed by atoms with Gasteiger partial charge in [-0.1, -0.05) is 0 Å². The van der Waals surface area contributed by atoms with E-state index in [0.29, 0.717) is 11.7 Å². The van der Waals surface area contributed by atoms with Crippen LogP contribution in [0.15, 0.2) is 23.2 Å². The van der Waals surface area contributed by atoms with Crippen molar-refractivity contribution in [3.05, 3.63) is 18.3 Å². The quantitative estimate of drug-likeness (QED) is 0.870. The Morgan fingerprint density at radius 2 is 2.19 bits per heavy atom. The highest BCUT2D eigenvalue weighted by atomic mass is 32.2. The standard InChI is InChI=1S/C11H16N2O2S/c1-8(9-5-6-9)13-11-10(16(2,14)15)4-3-7-12-11/h3-4,7-9H,5-6H2,1-2H3,(H,12,13). The fourth-order valence-electron chi connectivity index (χ4n) is 1.73. The van der Waals surface area contributed by atoms with Gasteiger partial charge in [-0.2, -0.15) is 0 Å². The average Bonchev–Trinajstić information content (AvgIpc) is 2.99. The second-order valence-electron chi connectivity index (χ2n) is 4.39. The van der Waals surface area contributed by atoms with Gasteiger partial charge in [0.2, 0.25) is 0 Å². The smallest absolute Gasteiger partial charge is 0.179 e. The van der Waals surface area contributed by atoms with Crippen LogP contribution in [0.5, 0.6) is 0 Å². The molecule has 4 nitrogen and oxygen atoms in total. The molecule has 0 radical (unpaired) electrons. The molecule has 0 aliphatic heterocycles. The van der Waals surface area contributed by atoms with E-state index in [1.165, 1.54) is 19.1 Å². The Hall–Kier alpha value is -1.10. The van der Waals surface area contributed by atoms with Gasteiger partial charge in [0.15, 0.2) is 9.84 Å². The third kappa shape index (κ3) is 2.52. The van der Waals surface area contributed by atoms with Crippen LogP contribution in [0.4, 0.5) is 5.82 Å².